The third-order valence-electron chi connectivity index (χ3n) is 2.47. The van der Waals surface area contributed by atoms with Crippen molar-refractivity contribution in [1.29, 1.82) is 0 Å². The lowest BCUT2D eigenvalue weighted by molar-refractivity contribution is 0.456. The smallest absolute Gasteiger partial charge is 0.266 e. The molecular formula is C9H17N3O. The van der Waals surface area contributed by atoms with Crippen molar-refractivity contribution in [3.8, 4) is 0 Å². The molecule has 2 N–H and O–H groups in total. The summed E-state index contributed by atoms with van der Waals surface area (Å²) in [6.07, 6.45) is 0. The van der Waals surface area contributed by atoms with E-state index in [0.717, 1.165) is 5.69 Å². The number of hydrogen-bond acceptors (Lipinski definition) is 2. The van der Waals surface area contributed by atoms with E-state index in [1.807, 2.05) is 20.9 Å². The van der Waals surface area contributed by atoms with Gasteiger partial charge in [0.15, 0.2) is 0 Å². The maximum Gasteiger partial charge on any atom is 0.266 e. The quantitative estimate of drug-likeness (QED) is 0.720. The van der Waals surface area contributed by atoms with Gasteiger partial charge >= 0.3 is 0 Å². The normalized spacial score (nSPS) is 13.7. The minimum atomic E-state index is -0.0705. The van der Waals surface area contributed by atoms with Crippen LogP contribution in [0.1, 0.15) is 25.6 Å². The maximum atomic E-state index is 11.3. The van der Waals surface area contributed by atoms with E-state index in [1.54, 1.807) is 22.5 Å². The highest BCUT2D eigenvalue weighted by molar-refractivity contribution is 5.07. The number of aromatic nitrogens is 2. The summed E-state index contributed by atoms with van der Waals surface area (Å²) in [7, 11) is 3.58. The van der Waals surface area contributed by atoms with Crippen molar-refractivity contribution in [1.82, 2.24) is 9.36 Å². The second kappa shape index (κ2) is 3.38. The molecule has 0 spiro atoms. The molecule has 4 nitrogen and oxygen atoms in total. The van der Waals surface area contributed by atoms with Crippen LogP contribution in [0.15, 0.2) is 10.9 Å². The molecule has 1 aromatic heterocycles. The van der Waals surface area contributed by atoms with Crippen molar-refractivity contribution in [2.75, 3.05) is 0 Å². The van der Waals surface area contributed by atoms with Gasteiger partial charge in [-0.2, -0.15) is 0 Å². The van der Waals surface area contributed by atoms with Gasteiger partial charge in [-0.05, 0) is 5.92 Å². The molecule has 0 unspecified atom stereocenters. The Balaban J connectivity index is 3.16. The zero-order valence-corrected chi connectivity index (χ0v) is 8.61. The van der Waals surface area contributed by atoms with E-state index < -0.39 is 0 Å². The summed E-state index contributed by atoms with van der Waals surface area (Å²) in [5.74, 6) is 0.341. The van der Waals surface area contributed by atoms with Gasteiger partial charge in [0.2, 0.25) is 0 Å². The first-order chi connectivity index (χ1) is 5.95. The molecule has 0 saturated carbocycles. The Morgan fingerprint density at radius 1 is 1.31 bits per heavy atom. The van der Waals surface area contributed by atoms with Crippen LogP contribution in [0.5, 0.6) is 0 Å². The van der Waals surface area contributed by atoms with Crippen molar-refractivity contribution >= 4 is 0 Å². The average molecular weight is 183 g/mol. The summed E-state index contributed by atoms with van der Waals surface area (Å²) < 4.78 is 3.35. The zero-order chi connectivity index (χ0) is 10.2. The molecule has 0 fully saturated rings. The standard InChI is InChI=1S/C9H17N3O/c1-6(2)9(10)7-5-8(13)12(4)11(7)3/h5-6,9H,10H2,1-4H3/t9-/m0/s1. The van der Waals surface area contributed by atoms with Gasteiger partial charge < -0.3 is 5.73 Å². The molecule has 0 aliphatic heterocycles. The van der Waals surface area contributed by atoms with Crippen LogP contribution in [0.2, 0.25) is 0 Å². The van der Waals surface area contributed by atoms with Gasteiger partial charge in [0, 0.05) is 26.2 Å². The summed E-state index contributed by atoms with van der Waals surface area (Å²) in [6, 6.07) is 1.53. The Bertz CT molecular complexity index is 348. The number of rotatable bonds is 2. The largest absolute Gasteiger partial charge is 0.322 e. The van der Waals surface area contributed by atoms with Crippen LogP contribution in [0.3, 0.4) is 0 Å². The molecule has 4 heteroatoms. The second-order valence-electron chi connectivity index (χ2n) is 3.72. The lowest BCUT2D eigenvalue weighted by Crippen LogP contribution is -2.22. The van der Waals surface area contributed by atoms with Gasteiger partial charge in [-0.1, -0.05) is 13.8 Å². The first kappa shape index (κ1) is 10.1. The van der Waals surface area contributed by atoms with E-state index >= 15 is 0 Å². The van der Waals surface area contributed by atoms with E-state index in [1.165, 1.54) is 0 Å². The zero-order valence-electron chi connectivity index (χ0n) is 8.61. The summed E-state index contributed by atoms with van der Waals surface area (Å²) in [6.45, 7) is 4.09. The van der Waals surface area contributed by atoms with Crippen molar-refractivity contribution in [2.45, 2.75) is 19.9 Å². The molecule has 1 atom stereocenters. The Morgan fingerprint density at radius 3 is 2.15 bits per heavy atom. The molecular weight excluding hydrogens is 166 g/mol. The molecule has 0 bridgehead atoms. The topological polar surface area (TPSA) is 53.0 Å². The Kier molecular flexibility index (Phi) is 2.61. The summed E-state index contributed by atoms with van der Waals surface area (Å²) in [5, 5.41) is 0. The van der Waals surface area contributed by atoms with E-state index in [4.69, 9.17) is 5.73 Å². The van der Waals surface area contributed by atoms with Crippen LogP contribution in [0.4, 0.5) is 0 Å². The highest BCUT2D eigenvalue weighted by Gasteiger charge is 2.15. The Hall–Kier alpha value is -1.03. The first-order valence-corrected chi connectivity index (χ1v) is 4.43. The van der Waals surface area contributed by atoms with E-state index in [2.05, 4.69) is 0 Å². The van der Waals surface area contributed by atoms with Crippen molar-refractivity contribution in [3.05, 3.63) is 22.1 Å². The summed E-state index contributed by atoms with van der Waals surface area (Å²) in [5.41, 5.74) is 6.83. The lowest BCUT2D eigenvalue weighted by Gasteiger charge is -2.16. The number of hydrogen-bond donors (Lipinski definition) is 1. The monoisotopic (exact) mass is 183 g/mol. The first-order valence-electron chi connectivity index (χ1n) is 4.43. The second-order valence-corrected chi connectivity index (χ2v) is 3.72. The highest BCUT2D eigenvalue weighted by Crippen LogP contribution is 2.16. The van der Waals surface area contributed by atoms with Gasteiger partial charge in [-0.15, -0.1) is 0 Å². The van der Waals surface area contributed by atoms with Gasteiger partial charge in [0.25, 0.3) is 5.56 Å². The predicted molar refractivity (Wildman–Crippen MR) is 52.4 cm³/mol. The Morgan fingerprint density at radius 2 is 1.85 bits per heavy atom. The minimum absolute atomic E-state index is 0.00593. The maximum absolute atomic E-state index is 11.3. The molecule has 74 valence electrons. The minimum Gasteiger partial charge on any atom is -0.322 e. The summed E-state index contributed by atoms with van der Waals surface area (Å²) >= 11 is 0. The van der Waals surface area contributed by atoms with Crippen LogP contribution in [0.25, 0.3) is 0 Å². The summed E-state index contributed by atoms with van der Waals surface area (Å²) in [4.78, 5) is 11.3. The van der Waals surface area contributed by atoms with Crippen molar-refractivity contribution < 1.29 is 0 Å². The third kappa shape index (κ3) is 1.67. The predicted octanol–water partition coefficient (Wildman–Crippen LogP) is 0.380. The molecule has 1 heterocycles. The fourth-order valence-electron chi connectivity index (χ4n) is 1.29. The molecule has 0 amide bonds. The van der Waals surface area contributed by atoms with Gasteiger partial charge in [-0.25, -0.2) is 0 Å². The highest BCUT2D eigenvalue weighted by atomic mass is 16.1. The SMILES string of the molecule is CC(C)[C@H](N)c1cc(=O)n(C)n1C. The van der Waals surface area contributed by atoms with E-state index in [9.17, 15) is 4.79 Å². The van der Waals surface area contributed by atoms with Crippen LogP contribution >= 0.6 is 0 Å². The van der Waals surface area contributed by atoms with Crippen LogP contribution < -0.4 is 11.3 Å². The van der Waals surface area contributed by atoms with E-state index in [-0.39, 0.29) is 11.6 Å². The van der Waals surface area contributed by atoms with Crippen LogP contribution in [-0.4, -0.2) is 9.36 Å². The molecule has 0 radical (unpaired) electrons. The molecule has 1 aromatic rings. The van der Waals surface area contributed by atoms with Gasteiger partial charge in [0.1, 0.15) is 0 Å². The van der Waals surface area contributed by atoms with Gasteiger partial charge in [-0.3, -0.25) is 14.2 Å². The third-order valence-corrected chi connectivity index (χ3v) is 2.47. The molecule has 0 saturated heterocycles. The fourth-order valence-corrected chi connectivity index (χ4v) is 1.29. The molecule has 0 aromatic carbocycles. The average Bonchev–Trinajstić information content (AvgIpc) is 2.31. The fraction of sp³-hybridized carbons (Fsp3) is 0.667. The number of nitrogens with zero attached hydrogens (tertiary/aromatic N) is 2. The number of nitrogens with two attached hydrogens (primary N) is 1. The molecule has 0 aliphatic rings. The van der Waals surface area contributed by atoms with Gasteiger partial charge in [0.05, 0.1) is 5.69 Å². The van der Waals surface area contributed by atoms with Crippen molar-refractivity contribution in [2.24, 2.45) is 25.7 Å². The molecule has 1 rings (SSSR count). The van der Waals surface area contributed by atoms with Crippen LogP contribution in [-0.2, 0) is 14.1 Å². The van der Waals surface area contributed by atoms with Crippen molar-refractivity contribution in [3.63, 3.8) is 0 Å². The van der Waals surface area contributed by atoms with E-state index in [0.29, 0.717) is 5.92 Å². The lowest BCUT2D eigenvalue weighted by atomic mass is 10.0. The molecule has 0 aliphatic carbocycles. The molecule has 13 heavy (non-hydrogen) atoms. The Labute approximate surface area is 77.9 Å². The van der Waals surface area contributed by atoms with Crippen LogP contribution in [0, 0.1) is 5.92 Å².